The van der Waals surface area contributed by atoms with Crippen LogP contribution < -0.4 is 5.32 Å². The second kappa shape index (κ2) is 6.23. The Hall–Kier alpha value is -0.610. The molecule has 0 aliphatic carbocycles. The van der Waals surface area contributed by atoms with E-state index >= 15 is 0 Å². The van der Waals surface area contributed by atoms with E-state index in [9.17, 15) is 4.79 Å². The van der Waals surface area contributed by atoms with Crippen molar-refractivity contribution in [3.63, 3.8) is 0 Å². The van der Waals surface area contributed by atoms with Crippen LogP contribution in [-0.2, 0) is 4.79 Å². The van der Waals surface area contributed by atoms with Crippen molar-refractivity contribution < 1.29 is 4.79 Å². The van der Waals surface area contributed by atoms with Gasteiger partial charge in [-0.15, -0.1) is 0 Å². The molecule has 19 heavy (non-hydrogen) atoms. The Morgan fingerprint density at radius 3 is 2.63 bits per heavy atom. The maximum absolute atomic E-state index is 12.7. The molecule has 0 bridgehead atoms. The second-order valence-corrected chi connectivity index (χ2v) is 6.38. The van der Waals surface area contributed by atoms with Gasteiger partial charge in [0.15, 0.2) is 0 Å². The molecule has 3 fully saturated rings. The molecule has 0 radical (unpaired) electrons. The molecule has 4 heteroatoms. The third-order valence-electron chi connectivity index (χ3n) is 4.97. The van der Waals surface area contributed by atoms with E-state index in [0.717, 1.165) is 39.0 Å². The fourth-order valence-corrected chi connectivity index (χ4v) is 3.88. The molecular formula is C15H27N3O. The van der Waals surface area contributed by atoms with Crippen LogP contribution in [0.1, 0.15) is 38.5 Å². The topological polar surface area (TPSA) is 35.6 Å². The largest absolute Gasteiger partial charge is 0.338 e. The summed E-state index contributed by atoms with van der Waals surface area (Å²) in [6.45, 7) is 6.57. The lowest BCUT2D eigenvalue weighted by atomic mass is 9.98. The summed E-state index contributed by atoms with van der Waals surface area (Å²) in [6, 6.07) is 0.493. The minimum Gasteiger partial charge on any atom is -0.338 e. The molecule has 1 amide bonds. The Kier molecular flexibility index (Phi) is 4.38. The van der Waals surface area contributed by atoms with Gasteiger partial charge in [-0.25, -0.2) is 0 Å². The number of likely N-dealkylation sites (tertiary alicyclic amines) is 2. The van der Waals surface area contributed by atoms with Crippen LogP contribution >= 0.6 is 0 Å². The molecule has 0 aromatic carbocycles. The summed E-state index contributed by atoms with van der Waals surface area (Å²) < 4.78 is 0. The highest BCUT2D eigenvalue weighted by atomic mass is 16.2. The van der Waals surface area contributed by atoms with Gasteiger partial charge in [-0.1, -0.05) is 0 Å². The fourth-order valence-electron chi connectivity index (χ4n) is 3.88. The van der Waals surface area contributed by atoms with Crippen molar-refractivity contribution in [1.82, 2.24) is 15.1 Å². The standard InChI is InChI=1S/C15H27N3O/c19-15(13-5-3-7-16-11-13)18-10-4-6-14(18)12-17-8-1-2-9-17/h13-14,16H,1-12H2. The average Bonchev–Trinajstić information content (AvgIpc) is 3.11. The van der Waals surface area contributed by atoms with Gasteiger partial charge in [0.05, 0.1) is 5.92 Å². The zero-order chi connectivity index (χ0) is 13.1. The van der Waals surface area contributed by atoms with Crippen LogP contribution in [0.25, 0.3) is 0 Å². The molecule has 0 aromatic heterocycles. The third-order valence-corrected chi connectivity index (χ3v) is 4.97. The van der Waals surface area contributed by atoms with E-state index in [2.05, 4.69) is 15.1 Å². The molecular weight excluding hydrogens is 238 g/mol. The van der Waals surface area contributed by atoms with Gasteiger partial charge < -0.3 is 15.1 Å². The minimum absolute atomic E-state index is 0.243. The number of piperidine rings is 1. The lowest BCUT2D eigenvalue weighted by molar-refractivity contribution is -0.137. The zero-order valence-electron chi connectivity index (χ0n) is 11.9. The van der Waals surface area contributed by atoms with E-state index < -0.39 is 0 Å². The van der Waals surface area contributed by atoms with E-state index in [0.29, 0.717) is 11.9 Å². The maximum Gasteiger partial charge on any atom is 0.227 e. The lowest BCUT2D eigenvalue weighted by Crippen LogP contribution is -2.48. The van der Waals surface area contributed by atoms with Crippen LogP contribution in [0.2, 0.25) is 0 Å². The molecule has 1 N–H and O–H groups in total. The van der Waals surface area contributed by atoms with Crippen molar-refractivity contribution in [2.45, 2.75) is 44.6 Å². The Bertz CT molecular complexity index is 309. The molecule has 108 valence electrons. The summed E-state index contributed by atoms with van der Waals surface area (Å²) in [4.78, 5) is 17.4. The summed E-state index contributed by atoms with van der Waals surface area (Å²) in [5.74, 6) is 0.668. The number of carbonyl (C=O) groups excluding carboxylic acids is 1. The van der Waals surface area contributed by atoms with Gasteiger partial charge in [-0.05, 0) is 58.2 Å². The van der Waals surface area contributed by atoms with Crippen LogP contribution in [0.3, 0.4) is 0 Å². The molecule has 0 aromatic rings. The molecule has 0 spiro atoms. The van der Waals surface area contributed by atoms with Crippen molar-refractivity contribution in [3.8, 4) is 0 Å². The van der Waals surface area contributed by atoms with E-state index in [1.165, 1.54) is 38.8 Å². The van der Waals surface area contributed by atoms with E-state index in [1.807, 2.05) is 0 Å². The highest BCUT2D eigenvalue weighted by Crippen LogP contribution is 2.24. The number of nitrogens with one attached hydrogen (secondary N) is 1. The number of hydrogen-bond donors (Lipinski definition) is 1. The smallest absolute Gasteiger partial charge is 0.227 e. The summed E-state index contributed by atoms with van der Waals surface area (Å²) in [7, 11) is 0. The molecule has 0 saturated carbocycles. The first-order chi connectivity index (χ1) is 9.34. The van der Waals surface area contributed by atoms with Gasteiger partial charge in [-0.3, -0.25) is 4.79 Å². The first-order valence-corrected chi connectivity index (χ1v) is 8.08. The molecule has 3 saturated heterocycles. The molecule has 3 aliphatic rings. The lowest BCUT2D eigenvalue weighted by Gasteiger charge is -2.32. The molecule has 2 atom stereocenters. The van der Waals surface area contributed by atoms with Gasteiger partial charge in [0.2, 0.25) is 5.91 Å². The number of amides is 1. The van der Waals surface area contributed by atoms with Crippen LogP contribution in [-0.4, -0.2) is 61.0 Å². The van der Waals surface area contributed by atoms with Gasteiger partial charge >= 0.3 is 0 Å². The zero-order valence-corrected chi connectivity index (χ0v) is 11.9. The number of carbonyl (C=O) groups is 1. The number of nitrogens with zero attached hydrogens (tertiary/aromatic N) is 2. The van der Waals surface area contributed by atoms with E-state index in [-0.39, 0.29) is 5.92 Å². The predicted octanol–water partition coefficient (Wildman–Crippen LogP) is 1.07. The highest BCUT2D eigenvalue weighted by Gasteiger charge is 2.34. The first-order valence-electron chi connectivity index (χ1n) is 8.08. The summed E-state index contributed by atoms with van der Waals surface area (Å²) in [6.07, 6.45) is 7.33. The Morgan fingerprint density at radius 1 is 1.05 bits per heavy atom. The Morgan fingerprint density at radius 2 is 1.89 bits per heavy atom. The average molecular weight is 265 g/mol. The first kappa shape index (κ1) is 13.4. The van der Waals surface area contributed by atoms with Crippen LogP contribution in [0.5, 0.6) is 0 Å². The van der Waals surface area contributed by atoms with Crippen LogP contribution in [0, 0.1) is 5.92 Å². The van der Waals surface area contributed by atoms with Crippen LogP contribution in [0.15, 0.2) is 0 Å². The predicted molar refractivity (Wildman–Crippen MR) is 76.0 cm³/mol. The van der Waals surface area contributed by atoms with E-state index in [1.54, 1.807) is 0 Å². The van der Waals surface area contributed by atoms with Gasteiger partial charge in [-0.2, -0.15) is 0 Å². The Labute approximate surface area is 116 Å². The molecule has 3 aliphatic heterocycles. The van der Waals surface area contributed by atoms with Gasteiger partial charge in [0, 0.05) is 25.7 Å². The highest BCUT2D eigenvalue weighted by molar-refractivity contribution is 5.79. The van der Waals surface area contributed by atoms with Gasteiger partial charge in [0.1, 0.15) is 0 Å². The molecule has 2 unspecified atom stereocenters. The number of hydrogen-bond acceptors (Lipinski definition) is 3. The van der Waals surface area contributed by atoms with Crippen molar-refractivity contribution in [1.29, 1.82) is 0 Å². The van der Waals surface area contributed by atoms with Crippen molar-refractivity contribution in [2.75, 3.05) is 39.3 Å². The quantitative estimate of drug-likeness (QED) is 0.829. The van der Waals surface area contributed by atoms with Gasteiger partial charge in [0.25, 0.3) is 0 Å². The Balaban J connectivity index is 1.56. The summed E-state index contributed by atoms with van der Waals surface area (Å²) >= 11 is 0. The SMILES string of the molecule is O=C(C1CCCNC1)N1CCCC1CN1CCCC1. The molecule has 4 nitrogen and oxygen atoms in total. The maximum atomic E-state index is 12.7. The number of rotatable bonds is 3. The summed E-state index contributed by atoms with van der Waals surface area (Å²) in [5, 5.41) is 3.37. The summed E-state index contributed by atoms with van der Waals surface area (Å²) in [5.41, 5.74) is 0. The normalized spacial score (nSPS) is 32.9. The van der Waals surface area contributed by atoms with Crippen molar-refractivity contribution >= 4 is 5.91 Å². The monoisotopic (exact) mass is 265 g/mol. The second-order valence-electron chi connectivity index (χ2n) is 6.38. The third kappa shape index (κ3) is 3.11. The van der Waals surface area contributed by atoms with Crippen molar-refractivity contribution in [2.24, 2.45) is 5.92 Å². The minimum atomic E-state index is 0.243. The van der Waals surface area contributed by atoms with Crippen molar-refractivity contribution in [3.05, 3.63) is 0 Å². The molecule has 3 heterocycles. The van der Waals surface area contributed by atoms with E-state index in [4.69, 9.17) is 0 Å². The fraction of sp³-hybridized carbons (Fsp3) is 0.933. The molecule has 3 rings (SSSR count). The van der Waals surface area contributed by atoms with Crippen LogP contribution in [0.4, 0.5) is 0 Å².